The second kappa shape index (κ2) is 8.02. The van der Waals surface area contributed by atoms with Crippen molar-refractivity contribution in [3.63, 3.8) is 0 Å². The number of hydrogen-bond acceptors (Lipinski definition) is 3. The molecule has 0 saturated carbocycles. The summed E-state index contributed by atoms with van der Waals surface area (Å²) >= 11 is 0. The fourth-order valence-corrected chi connectivity index (χ4v) is 2.09. The summed E-state index contributed by atoms with van der Waals surface area (Å²) in [5, 5.41) is 9.70. The summed E-state index contributed by atoms with van der Waals surface area (Å²) < 4.78 is 0. The van der Waals surface area contributed by atoms with Gasteiger partial charge in [-0.1, -0.05) is 47.0 Å². The van der Waals surface area contributed by atoms with Crippen LogP contribution in [0, 0.1) is 5.41 Å². The number of unbranched alkanes of at least 4 members (excludes halogenated alkanes) is 2. The van der Waals surface area contributed by atoms with Gasteiger partial charge in [-0.15, -0.1) is 5.10 Å². The summed E-state index contributed by atoms with van der Waals surface area (Å²) in [6.45, 7) is 9.30. The molecule has 1 heterocycles. The first-order chi connectivity index (χ1) is 9.48. The highest BCUT2D eigenvalue weighted by Gasteiger charge is 2.20. The quantitative estimate of drug-likeness (QED) is 0.683. The fraction of sp³-hybridized carbons (Fsp3) is 0.800. The SMILES string of the molecule is CCCCCC(C)(C)CNC(=O)c1n[nH]c(CCC)n1. The van der Waals surface area contributed by atoms with Crippen molar-refractivity contribution < 1.29 is 4.79 Å². The fourth-order valence-electron chi connectivity index (χ4n) is 2.09. The predicted octanol–water partition coefficient (Wildman–Crippen LogP) is 3.09. The normalized spacial score (nSPS) is 11.6. The molecule has 1 amide bonds. The summed E-state index contributed by atoms with van der Waals surface area (Å²) in [6.07, 6.45) is 6.61. The van der Waals surface area contributed by atoms with Gasteiger partial charge in [0.1, 0.15) is 5.82 Å². The van der Waals surface area contributed by atoms with E-state index in [0.29, 0.717) is 6.54 Å². The molecule has 0 aromatic carbocycles. The Labute approximate surface area is 122 Å². The Kier molecular flexibility index (Phi) is 6.68. The number of aromatic nitrogens is 3. The molecule has 5 heteroatoms. The number of aromatic amines is 1. The molecule has 0 spiro atoms. The first-order valence-corrected chi connectivity index (χ1v) is 7.68. The summed E-state index contributed by atoms with van der Waals surface area (Å²) in [6, 6.07) is 0. The summed E-state index contributed by atoms with van der Waals surface area (Å²) in [5.41, 5.74) is 0.118. The maximum Gasteiger partial charge on any atom is 0.290 e. The van der Waals surface area contributed by atoms with Crippen LogP contribution in [0.3, 0.4) is 0 Å². The lowest BCUT2D eigenvalue weighted by atomic mass is 9.87. The van der Waals surface area contributed by atoms with E-state index in [2.05, 4.69) is 48.2 Å². The number of H-pyrrole nitrogens is 1. The first kappa shape index (κ1) is 16.7. The van der Waals surface area contributed by atoms with Gasteiger partial charge in [0.2, 0.25) is 5.82 Å². The first-order valence-electron chi connectivity index (χ1n) is 7.68. The molecule has 20 heavy (non-hydrogen) atoms. The van der Waals surface area contributed by atoms with Gasteiger partial charge >= 0.3 is 0 Å². The third-order valence-corrected chi connectivity index (χ3v) is 3.41. The number of amides is 1. The van der Waals surface area contributed by atoms with E-state index in [-0.39, 0.29) is 17.1 Å². The highest BCUT2D eigenvalue weighted by atomic mass is 16.2. The van der Waals surface area contributed by atoms with E-state index in [1.54, 1.807) is 0 Å². The van der Waals surface area contributed by atoms with Crippen LogP contribution >= 0.6 is 0 Å². The van der Waals surface area contributed by atoms with Gasteiger partial charge in [-0.25, -0.2) is 4.98 Å². The third-order valence-electron chi connectivity index (χ3n) is 3.41. The lowest BCUT2D eigenvalue weighted by Crippen LogP contribution is -2.34. The highest BCUT2D eigenvalue weighted by molar-refractivity contribution is 5.90. The summed E-state index contributed by atoms with van der Waals surface area (Å²) in [4.78, 5) is 16.2. The van der Waals surface area contributed by atoms with Crippen LogP contribution in [0.15, 0.2) is 0 Å². The molecular weight excluding hydrogens is 252 g/mol. The molecule has 0 atom stereocenters. The van der Waals surface area contributed by atoms with Crippen LogP contribution in [0.25, 0.3) is 0 Å². The molecule has 1 rings (SSSR count). The second-order valence-electron chi connectivity index (χ2n) is 6.16. The van der Waals surface area contributed by atoms with E-state index in [1.165, 1.54) is 19.3 Å². The molecule has 114 valence electrons. The smallest absolute Gasteiger partial charge is 0.290 e. The van der Waals surface area contributed by atoms with Crippen LogP contribution in [0.2, 0.25) is 0 Å². The number of nitrogens with zero attached hydrogens (tertiary/aromatic N) is 2. The molecule has 0 radical (unpaired) electrons. The maximum atomic E-state index is 12.0. The number of carbonyl (C=O) groups is 1. The van der Waals surface area contributed by atoms with Gasteiger partial charge in [-0.3, -0.25) is 9.89 Å². The zero-order valence-corrected chi connectivity index (χ0v) is 13.3. The van der Waals surface area contributed by atoms with Crippen molar-refractivity contribution in [2.75, 3.05) is 6.54 Å². The van der Waals surface area contributed by atoms with Crippen molar-refractivity contribution in [1.82, 2.24) is 20.5 Å². The van der Waals surface area contributed by atoms with Crippen LogP contribution < -0.4 is 5.32 Å². The monoisotopic (exact) mass is 280 g/mol. The van der Waals surface area contributed by atoms with E-state index >= 15 is 0 Å². The van der Waals surface area contributed by atoms with Crippen LogP contribution in [-0.2, 0) is 6.42 Å². The molecule has 0 bridgehead atoms. The molecule has 0 fully saturated rings. The van der Waals surface area contributed by atoms with Crippen molar-refractivity contribution in [3.05, 3.63) is 11.6 Å². The van der Waals surface area contributed by atoms with Crippen LogP contribution in [0.1, 0.15) is 76.2 Å². The van der Waals surface area contributed by atoms with Crippen molar-refractivity contribution in [2.24, 2.45) is 5.41 Å². The van der Waals surface area contributed by atoms with Gasteiger partial charge in [0.25, 0.3) is 5.91 Å². The van der Waals surface area contributed by atoms with Crippen LogP contribution in [0.5, 0.6) is 0 Å². The van der Waals surface area contributed by atoms with Crippen molar-refractivity contribution in [3.8, 4) is 0 Å². The number of hydrogen-bond donors (Lipinski definition) is 2. The molecule has 1 aromatic heterocycles. The standard InChI is InChI=1S/C15H28N4O/c1-5-7-8-10-15(3,4)11-16-14(20)13-17-12(9-6-2)18-19-13/h5-11H2,1-4H3,(H,16,20)(H,17,18,19). The lowest BCUT2D eigenvalue weighted by molar-refractivity contribution is 0.0924. The maximum absolute atomic E-state index is 12.0. The zero-order valence-electron chi connectivity index (χ0n) is 13.3. The third kappa shape index (κ3) is 5.72. The Hall–Kier alpha value is -1.39. The molecule has 2 N–H and O–H groups in total. The van der Waals surface area contributed by atoms with Gasteiger partial charge in [0, 0.05) is 13.0 Å². The van der Waals surface area contributed by atoms with Crippen molar-refractivity contribution >= 4 is 5.91 Å². The molecular formula is C15H28N4O. The number of rotatable bonds is 9. The average Bonchev–Trinajstić information content (AvgIpc) is 2.85. The van der Waals surface area contributed by atoms with Crippen LogP contribution in [0.4, 0.5) is 0 Å². The Bertz CT molecular complexity index is 412. The van der Waals surface area contributed by atoms with Gasteiger partial charge in [-0.2, -0.15) is 0 Å². The zero-order chi connectivity index (χ0) is 15.0. The number of aryl methyl sites for hydroxylation is 1. The van der Waals surface area contributed by atoms with E-state index in [4.69, 9.17) is 0 Å². The van der Waals surface area contributed by atoms with Crippen molar-refractivity contribution in [1.29, 1.82) is 0 Å². The second-order valence-corrected chi connectivity index (χ2v) is 6.16. The Morgan fingerprint density at radius 1 is 1.25 bits per heavy atom. The molecule has 5 nitrogen and oxygen atoms in total. The average molecular weight is 280 g/mol. The summed E-state index contributed by atoms with van der Waals surface area (Å²) in [5.74, 6) is 0.838. The van der Waals surface area contributed by atoms with Gasteiger partial charge in [-0.05, 0) is 18.3 Å². The minimum atomic E-state index is -0.188. The van der Waals surface area contributed by atoms with Gasteiger partial charge < -0.3 is 5.32 Å². The molecule has 0 aliphatic carbocycles. The molecule has 0 saturated heterocycles. The number of nitrogens with one attached hydrogen (secondary N) is 2. The molecule has 0 unspecified atom stereocenters. The topological polar surface area (TPSA) is 70.7 Å². The molecule has 1 aromatic rings. The minimum Gasteiger partial charge on any atom is -0.349 e. The van der Waals surface area contributed by atoms with E-state index in [0.717, 1.165) is 25.1 Å². The Morgan fingerprint density at radius 2 is 2.00 bits per heavy atom. The predicted molar refractivity (Wildman–Crippen MR) is 80.6 cm³/mol. The Balaban J connectivity index is 2.41. The Morgan fingerprint density at radius 3 is 2.65 bits per heavy atom. The van der Waals surface area contributed by atoms with E-state index < -0.39 is 0 Å². The summed E-state index contributed by atoms with van der Waals surface area (Å²) in [7, 11) is 0. The number of carbonyl (C=O) groups excluding carboxylic acids is 1. The molecule has 0 aliphatic heterocycles. The van der Waals surface area contributed by atoms with Crippen LogP contribution in [-0.4, -0.2) is 27.6 Å². The largest absolute Gasteiger partial charge is 0.349 e. The van der Waals surface area contributed by atoms with E-state index in [1.807, 2.05) is 0 Å². The van der Waals surface area contributed by atoms with E-state index in [9.17, 15) is 4.79 Å². The van der Waals surface area contributed by atoms with Crippen molar-refractivity contribution in [2.45, 2.75) is 66.2 Å². The molecule has 0 aliphatic rings. The minimum absolute atomic E-state index is 0.118. The van der Waals surface area contributed by atoms with Gasteiger partial charge in [0.15, 0.2) is 0 Å². The lowest BCUT2D eigenvalue weighted by Gasteiger charge is -2.24. The van der Waals surface area contributed by atoms with Gasteiger partial charge in [0.05, 0.1) is 0 Å². The highest BCUT2D eigenvalue weighted by Crippen LogP contribution is 2.22.